The van der Waals surface area contributed by atoms with Crippen LogP contribution in [0.15, 0.2) is 34.9 Å². The molecule has 2 rings (SSSR count). The van der Waals surface area contributed by atoms with Gasteiger partial charge in [-0.3, -0.25) is 4.79 Å². The minimum Gasteiger partial charge on any atom is -0.496 e. The van der Waals surface area contributed by atoms with E-state index in [2.05, 4.69) is 26.2 Å². The van der Waals surface area contributed by atoms with E-state index < -0.39 is 11.7 Å². The van der Waals surface area contributed by atoms with E-state index in [1.165, 1.54) is 19.4 Å². The van der Waals surface area contributed by atoms with E-state index in [0.717, 1.165) is 0 Å². The Kier molecular flexibility index (Phi) is 4.19. The number of halogens is 2. The summed E-state index contributed by atoms with van der Waals surface area (Å²) in [5.74, 6) is -1.12. The highest BCUT2D eigenvalue weighted by Gasteiger charge is 2.15. The van der Waals surface area contributed by atoms with Crippen LogP contribution in [0.2, 0.25) is 0 Å². The Balaban J connectivity index is 2.24. The Morgan fingerprint density at radius 1 is 1.45 bits per heavy atom. The second-order valence-corrected chi connectivity index (χ2v) is 4.72. The Morgan fingerprint density at radius 2 is 2.20 bits per heavy atom. The van der Waals surface area contributed by atoms with Gasteiger partial charge in [0, 0.05) is 11.9 Å². The molecule has 1 aromatic heterocycles. The van der Waals surface area contributed by atoms with E-state index >= 15 is 0 Å². The molecule has 0 saturated heterocycles. The molecule has 104 valence electrons. The molecule has 0 fully saturated rings. The number of methoxy groups -OCH3 is 1. The van der Waals surface area contributed by atoms with Crippen molar-refractivity contribution in [3.05, 3.63) is 46.3 Å². The summed E-state index contributed by atoms with van der Waals surface area (Å²) in [5.41, 5.74) is 5.66. The quantitative estimate of drug-likeness (QED) is 0.901. The van der Waals surface area contributed by atoms with Crippen LogP contribution in [0.25, 0.3) is 0 Å². The van der Waals surface area contributed by atoms with Crippen molar-refractivity contribution in [1.29, 1.82) is 0 Å². The molecule has 0 aliphatic heterocycles. The molecule has 0 radical (unpaired) electrons. The summed E-state index contributed by atoms with van der Waals surface area (Å²) in [6.45, 7) is 0. The maximum atomic E-state index is 13.7. The van der Waals surface area contributed by atoms with E-state index in [4.69, 9.17) is 10.5 Å². The van der Waals surface area contributed by atoms with Crippen molar-refractivity contribution >= 4 is 33.3 Å². The Labute approximate surface area is 123 Å². The van der Waals surface area contributed by atoms with Crippen LogP contribution < -0.4 is 15.8 Å². The minimum absolute atomic E-state index is 0.163. The molecule has 1 aromatic carbocycles. The third kappa shape index (κ3) is 2.88. The smallest absolute Gasteiger partial charge is 0.258 e. The number of carbonyl (C=O) groups excluding carboxylic acids is 1. The predicted octanol–water partition coefficient (Wildman–Crippen LogP) is 2.83. The Bertz CT molecular complexity index is 664. The first-order chi connectivity index (χ1) is 9.52. The summed E-state index contributed by atoms with van der Waals surface area (Å²) in [6.07, 6.45) is 1.28. The molecule has 2 aromatic rings. The van der Waals surface area contributed by atoms with E-state index in [1.807, 2.05) is 0 Å². The first kappa shape index (κ1) is 14.3. The fraction of sp³-hybridized carbons (Fsp3) is 0.0769. The summed E-state index contributed by atoms with van der Waals surface area (Å²) in [7, 11) is 1.54. The number of amides is 1. The highest BCUT2D eigenvalue weighted by Crippen LogP contribution is 2.28. The highest BCUT2D eigenvalue weighted by atomic mass is 79.9. The predicted molar refractivity (Wildman–Crippen MR) is 77.3 cm³/mol. The maximum Gasteiger partial charge on any atom is 0.258 e. The van der Waals surface area contributed by atoms with Crippen LogP contribution in [0, 0.1) is 5.82 Å². The molecule has 0 aliphatic carbocycles. The first-order valence-electron chi connectivity index (χ1n) is 5.57. The fourth-order valence-corrected chi connectivity index (χ4v) is 2.12. The van der Waals surface area contributed by atoms with Crippen LogP contribution in [-0.4, -0.2) is 18.0 Å². The Hall–Kier alpha value is -2.15. The van der Waals surface area contributed by atoms with Crippen molar-refractivity contribution in [1.82, 2.24) is 4.98 Å². The second kappa shape index (κ2) is 5.87. The van der Waals surface area contributed by atoms with Crippen LogP contribution >= 0.6 is 15.9 Å². The van der Waals surface area contributed by atoms with Crippen LogP contribution in [0.5, 0.6) is 5.75 Å². The van der Waals surface area contributed by atoms with Gasteiger partial charge in [0.1, 0.15) is 5.75 Å². The summed E-state index contributed by atoms with van der Waals surface area (Å²) >= 11 is 3.30. The molecule has 0 aliphatic rings. The SMILES string of the molecule is COc1ccc(NC(=O)c2ccnc(N)c2F)cc1Br. The van der Waals surface area contributed by atoms with Gasteiger partial charge in [-0.15, -0.1) is 0 Å². The molecular formula is C13H11BrFN3O2. The van der Waals surface area contributed by atoms with Gasteiger partial charge in [-0.1, -0.05) is 0 Å². The number of ether oxygens (including phenoxy) is 1. The number of anilines is 2. The molecule has 1 amide bonds. The molecular weight excluding hydrogens is 329 g/mol. The lowest BCUT2D eigenvalue weighted by Gasteiger charge is -2.09. The number of aromatic nitrogens is 1. The van der Waals surface area contributed by atoms with Gasteiger partial charge in [0.2, 0.25) is 0 Å². The fourth-order valence-electron chi connectivity index (χ4n) is 1.58. The summed E-state index contributed by atoms with van der Waals surface area (Å²) in [6, 6.07) is 6.24. The number of nitrogens with zero attached hydrogens (tertiary/aromatic N) is 1. The van der Waals surface area contributed by atoms with E-state index in [-0.39, 0.29) is 11.4 Å². The van der Waals surface area contributed by atoms with Crippen molar-refractivity contribution in [2.45, 2.75) is 0 Å². The number of hydrogen-bond acceptors (Lipinski definition) is 4. The maximum absolute atomic E-state index is 13.7. The normalized spacial score (nSPS) is 10.2. The third-order valence-corrected chi connectivity index (χ3v) is 3.19. The minimum atomic E-state index is -0.836. The lowest BCUT2D eigenvalue weighted by Crippen LogP contribution is -2.15. The first-order valence-corrected chi connectivity index (χ1v) is 6.37. The van der Waals surface area contributed by atoms with E-state index in [0.29, 0.717) is 15.9 Å². The average Bonchev–Trinajstić information content (AvgIpc) is 2.42. The zero-order valence-electron chi connectivity index (χ0n) is 10.5. The number of nitrogens with two attached hydrogens (primary N) is 1. The van der Waals surface area contributed by atoms with Gasteiger partial charge < -0.3 is 15.8 Å². The molecule has 20 heavy (non-hydrogen) atoms. The topological polar surface area (TPSA) is 77.2 Å². The van der Waals surface area contributed by atoms with Crippen molar-refractivity contribution in [3.8, 4) is 5.75 Å². The van der Waals surface area contributed by atoms with Gasteiger partial charge in [-0.2, -0.15) is 0 Å². The molecule has 0 spiro atoms. The summed E-state index contributed by atoms with van der Waals surface area (Å²) in [4.78, 5) is 15.5. The molecule has 7 heteroatoms. The lowest BCUT2D eigenvalue weighted by molar-refractivity contribution is 0.102. The third-order valence-electron chi connectivity index (χ3n) is 2.57. The van der Waals surface area contributed by atoms with Crippen molar-refractivity contribution in [3.63, 3.8) is 0 Å². The second-order valence-electron chi connectivity index (χ2n) is 3.86. The number of carbonyl (C=O) groups is 1. The number of benzene rings is 1. The van der Waals surface area contributed by atoms with Crippen LogP contribution in [0.3, 0.4) is 0 Å². The van der Waals surface area contributed by atoms with Crippen LogP contribution in [0.1, 0.15) is 10.4 Å². The molecule has 0 saturated carbocycles. The van der Waals surface area contributed by atoms with Gasteiger partial charge in [-0.05, 0) is 40.2 Å². The van der Waals surface area contributed by atoms with Crippen LogP contribution in [-0.2, 0) is 0 Å². The molecule has 3 N–H and O–H groups in total. The number of nitrogens with one attached hydrogen (secondary N) is 1. The molecule has 1 heterocycles. The van der Waals surface area contributed by atoms with Crippen molar-refractivity contribution in [2.24, 2.45) is 0 Å². The standard InChI is InChI=1S/C13H11BrFN3O2/c1-20-10-3-2-7(6-9(10)14)18-13(19)8-4-5-17-12(16)11(8)15/h2-6H,1H3,(H2,16,17)(H,18,19). The monoisotopic (exact) mass is 339 g/mol. The molecule has 0 atom stereocenters. The molecule has 5 nitrogen and oxygen atoms in total. The van der Waals surface area contributed by atoms with E-state index in [9.17, 15) is 9.18 Å². The van der Waals surface area contributed by atoms with Crippen LogP contribution in [0.4, 0.5) is 15.9 Å². The molecule has 0 unspecified atom stereocenters. The number of rotatable bonds is 3. The number of pyridine rings is 1. The van der Waals surface area contributed by atoms with Gasteiger partial charge in [0.05, 0.1) is 17.1 Å². The Morgan fingerprint density at radius 3 is 2.85 bits per heavy atom. The van der Waals surface area contributed by atoms with Gasteiger partial charge in [0.15, 0.2) is 11.6 Å². The summed E-state index contributed by atoms with van der Waals surface area (Å²) < 4.78 is 19.4. The zero-order valence-corrected chi connectivity index (χ0v) is 12.1. The zero-order chi connectivity index (χ0) is 14.7. The number of hydrogen-bond donors (Lipinski definition) is 2. The van der Waals surface area contributed by atoms with Crippen molar-refractivity contribution < 1.29 is 13.9 Å². The highest BCUT2D eigenvalue weighted by molar-refractivity contribution is 9.10. The largest absolute Gasteiger partial charge is 0.496 e. The lowest BCUT2D eigenvalue weighted by atomic mass is 10.2. The van der Waals surface area contributed by atoms with Gasteiger partial charge in [0.25, 0.3) is 5.91 Å². The number of nitrogen functional groups attached to an aromatic ring is 1. The van der Waals surface area contributed by atoms with Crippen molar-refractivity contribution in [2.75, 3.05) is 18.2 Å². The van der Waals surface area contributed by atoms with E-state index in [1.54, 1.807) is 18.2 Å². The van der Waals surface area contributed by atoms with Gasteiger partial charge in [-0.25, -0.2) is 9.37 Å². The van der Waals surface area contributed by atoms with Gasteiger partial charge >= 0.3 is 0 Å². The molecule has 0 bridgehead atoms. The summed E-state index contributed by atoms with van der Waals surface area (Å²) in [5, 5.41) is 2.57. The average molecular weight is 340 g/mol.